The summed E-state index contributed by atoms with van der Waals surface area (Å²) in [5.41, 5.74) is 0. The lowest BCUT2D eigenvalue weighted by molar-refractivity contribution is 0.288. The lowest BCUT2D eigenvalue weighted by Crippen LogP contribution is -1.97. The summed E-state index contributed by atoms with van der Waals surface area (Å²) in [7, 11) is 0. The van der Waals surface area contributed by atoms with Crippen molar-refractivity contribution in [2.24, 2.45) is 0 Å². The van der Waals surface area contributed by atoms with E-state index in [9.17, 15) is 0 Å². The number of rotatable bonds is 4. The van der Waals surface area contributed by atoms with E-state index in [0.29, 0.717) is 13.2 Å². The maximum atomic E-state index is 5.55. The molecule has 0 N–H and O–H groups in total. The fraction of sp³-hybridized carbons (Fsp3) is 0.333. The molecule has 80 valence electrons. The van der Waals surface area contributed by atoms with Gasteiger partial charge in [-0.25, -0.2) is 0 Å². The minimum Gasteiger partial charge on any atom is -0.490 e. The van der Waals surface area contributed by atoms with Gasteiger partial charge in [0, 0.05) is 10.8 Å². The summed E-state index contributed by atoms with van der Waals surface area (Å²) >= 11 is 1.72. The zero-order valence-corrected chi connectivity index (χ0v) is 9.76. The molecule has 0 aliphatic rings. The summed E-state index contributed by atoms with van der Waals surface area (Å²) in [6.45, 7) is 5.29. The van der Waals surface area contributed by atoms with E-state index >= 15 is 0 Å². The van der Waals surface area contributed by atoms with Crippen molar-refractivity contribution in [2.45, 2.75) is 13.8 Å². The van der Waals surface area contributed by atoms with Crippen molar-refractivity contribution in [2.75, 3.05) is 13.2 Å². The second-order valence-corrected chi connectivity index (χ2v) is 4.07. The van der Waals surface area contributed by atoms with Crippen LogP contribution in [0.1, 0.15) is 13.8 Å². The third-order valence-electron chi connectivity index (χ3n) is 2.12. The molecule has 15 heavy (non-hydrogen) atoms. The van der Waals surface area contributed by atoms with Crippen LogP contribution < -0.4 is 9.47 Å². The Morgan fingerprint density at radius 2 is 1.73 bits per heavy atom. The van der Waals surface area contributed by atoms with Gasteiger partial charge in [0.2, 0.25) is 0 Å². The molecule has 0 saturated heterocycles. The van der Waals surface area contributed by atoms with Crippen molar-refractivity contribution >= 4 is 21.4 Å². The Bertz CT molecular complexity index is 408. The highest BCUT2D eigenvalue weighted by molar-refractivity contribution is 7.17. The Hall–Kier alpha value is -1.22. The number of thiophene rings is 1. The SMILES string of the molecule is CCOc1cc2ccsc2cc1OCC. The number of benzene rings is 1. The van der Waals surface area contributed by atoms with Crippen molar-refractivity contribution < 1.29 is 9.47 Å². The highest BCUT2D eigenvalue weighted by atomic mass is 32.1. The van der Waals surface area contributed by atoms with Gasteiger partial charge in [-0.15, -0.1) is 11.3 Å². The minimum atomic E-state index is 0.662. The highest BCUT2D eigenvalue weighted by Gasteiger charge is 2.07. The zero-order chi connectivity index (χ0) is 10.7. The average Bonchev–Trinajstić information content (AvgIpc) is 2.66. The molecule has 0 aliphatic carbocycles. The van der Waals surface area contributed by atoms with Crippen molar-refractivity contribution in [3.8, 4) is 11.5 Å². The van der Waals surface area contributed by atoms with Gasteiger partial charge in [-0.05, 0) is 36.7 Å². The first-order valence-corrected chi connectivity index (χ1v) is 6.00. The van der Waals surface area contributed by atoms with Gasteiger partial charge in [0.05, 0.1) is 13.2 Å². The molecule has 0 bridgehead atoms. The third-order valence-corrected chi connectivity index (χ3v) is 3.00. The molecule has 0 spiro atoms. The van der Waals surface area contributed by atoms with Gasteiger partial charge in [0.15, 0.2) is 11.5 Å². The van der Waals surface area contributed by atoms with Crippen molar-refractivity contribution in [3.63, 3.8) is 0 Å². The molecule has 2 aromatic rings. The van der Waals surface area contributed by atoms with Gasteiger partial charge in [0.1, 0.15) is 0 Å². The number of hydrogen-bond donors (Lipinski definition) is 0. The van der Waals surface area contributed by atoms with Crippen LogP contribution in [0.25, 0.3) is 10.1 Å². The van der Waals surface area contributed by atoms with E-state index in [0.717, 1.165) is 11.5 Å². The smallest absolute Gasteiger partial charge is 0.162 e. The zero-order valence-electron chi connectivity index (χ0n) is 8.95. The summed E-state index contributed by atoms with van der Waals surface area (Å²) in [6, 6.07) is 6.19. The summed E-state index contributed by atoms with van der Waals surface area (Å²) < 4.78 is 12.3. The molecule has 1 aromatic heterocycles. The van der Waals surface area contributed by atoms with Gasteiger partial charge in [-0.2, -0.15) is 0 Å². The van der Waals surface area contributed by atoms with E-state index in [1.165, 1.54) is 10.1 Å². The first-order valence-electron chi connectivity index (χ1n) is 5.12. The lowest BCUT2D eigenvalue weighted by atomic mass is 10.2. The van der Waals surface area contributed by atoms with Crippen molar-refractivity contribution in [3.05, 3.63) is 23.6 Å². The Balaban J connectivity index is 2.47. The molecule has 2 nitrogen and oxygen atoms in total. The molecular formula is C12H14O2S. The summed E-state index contributed by atoms with van der Waals surface area (Å²) in [4.78, 5) is 0. The van der Waals surface area contributed by atoms with E-state index in [-0.39, 0.29) is 0 Å². The maximum absolute atomic E-state index is 5.55. The predicted molar refractivity (Wildman–Crippen MR) is 64.2 cm³/mol. The molecular weight excluding hydrogens is 208 g/mol. The van der Waals surface area contributed by atoms with Crippen LogP contribution in [0.2, 0.25) is 0 Å². The Kier molecular flexibility index (Phi) is 3.11. The predicted octanol–water partition coefficient (Wildman–Crippen LogP) is 3.70. The summed E-state index contributed by atoms with van der Waals surface area (Å²) in [5, 5.41) is 3.29. The van der Waals surface area contributed by atoms with E-state index in [1.807, 2.05) is 19.9 Å². The van der Waals surface area contributed by atoms with E-state index in [4.69, 9.17) is 9.47 Å². The minimum absolute atomic E-state index is 0.662. The van der Waals surface area contributed by atoms with Gasteiger partial charge in [0.25, 0.3) is 0 Å². The molecule has 0 radical (unpaired) electrons. The number of fused-ring (bicyclic) bond motifs is 1. The average molecular weight is 222 g/mol. The van der Waals surface area contributed by atoms with Gasteiger partial charge in [-0.3, -0.25) is 0 Å². The number of ether oxygens (including phenoxy) is 2. The largest absolute Gasteiger partial charge is 0.490 e. The van der Waals surface area contributed by atoms with Crippen molar-refractivity contribution in [1.29, 1.82) is 0 Å². The van der Waals surface area contributed by atoms with Gasteiger partial charge >= 0.3 is 0 Å². The standard InChI is InChI=1S/C12H14O2S/c1-3-13-10-7-9-5-6-15-12(9)8-11(10)14-4-2/h5-8H,3-4H2,1-2H3. The first-order chi connectivity index (χ1) is 7.35. The Labute approximate surface area is 93.4 Å². The van der Waals surface area contributed by atoms with Crippen LogP contribution >= 0.6 is 11.3 Å². The Morgan fingerprint density at radius 1 is 1.07 bits per heavy atom. The molecule has 0 saturated carbocycles. The first kappa shape index (κ1) is 10.3. The molecule has 0 amide bonds. The number of hydrogen-bond acceptors (Lipinski definition) is 3. The summed E-state index contributed by atoms with van der Waals surface area (Å²) in [5.74, 6) is 1.68. The normalized spacial score (nSPS) is 10.5. The van der Waals surface area contributed by atoms with Crippen LogP contribution in [0.15, 0.2) is 23.6 Å². The topological polar surface area (TPSA) is 18.5 Å². The molecule has 0 atom stereocenters. The summed E-state index contributed by atoms with van der Waals surface area (Å²) in [6.07, 6.45) is 0. The molecule has 3 heteroatoms. The fourth-order valence-electron chi connectivity index (χ4n) is 1.51. The quantitative estimate of drug-likeness (QED) is 0.785. The third kappa shape index (κ3) is 2.07. The van der Waals surface area contributed by atoms with Crippen LogP contribution in [-0.2, 0) is 0 Å². The van der Waals surface area contributed by atoms with E-state index in [1.54, 1.807) is 11.3 Å². The molecule has 1 heterocycles. The molecule has 0 aliphatic heterocycles. The van der Waals surface area contributed by atoms with Crippen LogP contribution in [0, 0.1) is 0 Å². The van der Waals surface area contributed by atoms with Crippen molar-refractivity contribution in [1.82, 2.24) is 0 Å². The van der Waals surface area contributed by atoms with Crippen LogP contribution in [0.3, 0.4) is 0 Å². The van der Waals surface area contributed by atoms with Crippen LogP contribution in [0.4, 0.5) is 0 Å². The maximum Gasteiger partial charge on any atom is 0.162 e. The van der Waals surface area contributed by atoms with E-state index < -0.39 is 0 Å². The highest BCUT2D eigenvalue weighted by Crippen LogP contribution is 2.34. The van der Waals surface area contributed by atoms with Crippen LogP contribution in [0.5, 0.6) is 11.5 Å². The van der Waals surface area contributed by atoms with E-state index in [2.05, 4.69) is 17.5 Å². The van der Waals surface area contributed by atoms with Gasteiger partial charge < -0.3 is 9.47 Å². The van der Waals surface area contributed by atoms with Gasteiger partial charge in [-0.1, -0.05) is 0 Å². The monoisotopic (exact) mass is 222 g/mol. The lowest BCUT2D eigenvalue weighted by Gasteiger charge is -2.10. The molecule has 0 unspecified atom stereocenters. The molecule has 1 aromatic carbocycles. The second-order valence-electron chi connectivity index (χ2n) is 3.12. The van der Waals surface area contributed by atoms with Crippen LogP contribution in [-0.4, -0.2) is 13.2 Å². The Morgan fingerprint density at radius 3 is 2.40 bits per heavy atom. The fourth-order valence-corrected chi connectivity index (χ4v) is 2.31. The molecule has 2 rings (SSSR count). The molecule has 0 fully saturated rings. The second kappa shape index (κ2) is 4.53.